The van der Waals surface area contributed by atoms with Crippen molar-refractivity contribution in [1.29, 1.82) is 0 Å². The third-order valence-electron chi connectivity index (χ3n) is 2.88. The molecule has 0 radical (unpaired) electrons. The molecule has 96 valence electrons. The molecule has 2 unspecified atom stereocenters. The standard InChI is InChI=1S/C10H23N3O2S/c1-8-4-9(2)7-13(6-8)16(14,15)12-10(3)5-11/h8-10,12H,4-7,11H2,1-3H3/t8?,9?,10-/m1/s1. The molecule has 1 heterocycles. The minimum absolute atomic E-state index is 0.211. The monoisotopic (exact) mass is 249 g/mol. The van der Waals surface area contributed by atoms with Gasteiger partial charge in [-0.05, 0) is 25.2 Å². The number of nitrogens with one attached hydrogen (secondary N) is 1. The molecule has 1 aliphatic rings. The lowest BCUT2D eigenvalue weighted by molar-refractivity contribution is 0.220. The van der Waals surface area contributed by atoms with Crippen molar-refractivity contribution >= 4 is 10.2 Å². The van der Waals surface area contributed by atoms with Crippen LogP contribution in [0.1, 0.15) is 27.2 Å². The van der Waals surface area contributed by atoms with Crippen LogP contribution in [0.3, 0.4) is 0 Å². The van der Waals surface area contributed by atoms with Gasteiger partial charge in [-0.3, -0.25) is 0 Å². The maximum absolute atomic E-state index is 12.0. The van der Waals surface area contributed by atoms with E-state index in [1.54, 1.807) is 6.92 Å². The first-order valence-electron chi connectivity index (χ1n) is 5.82. The molecule has 0 bridgehead atoms. The Morgan fingerprint density at radius 2 is 1.88 bits per heavy atom. The third-order valence-corrected chi connectivity index (χ3v) is 4.56. The zero-order chi connectivity index (χ0) is 12.3. The summed E-state index contributed by atoms with van der Waals surface area (Å²) in [6, 6.07) is -0.211. The van der Waals surface area contributed by atoms with Crippen LogP contribution in [-0.4, -0.2) is 38.4 Å². The lowest BCUT2D eigenvalue weighted by Crippen LogP contribution is -2.51. The van der Waals surface area contributed by atoms with Gasteiger partial charge < -0.3 is 5.73 Å². The number of hydrogen-bond donors (Lipinski definition) is 2. The summed E-state index contributed by atoms with van der Waals surface area (Å²) < 4.78 is 28.1. The highest BCUT2D eigenvalue weighted by Gasteiger charge is 2.30. The van der Waals surface area contributed by atoms with Crippen molar-refractivity contribution in [3.8, 4) is 0 Å². The van der Waals surface area contributed by atoms with Crippen molar-refractivity contribution in [2.45, 2.75) is 33.2 Å². The Hall–Kier alpha value is -0.170. The fourth-order valence-electron chi connectivity index (χ4n) is 2.18. The van der Waals surface area contributed by atoms with E-state index in [0.717, 1.165) is 6.42 Å². The number of piperidine rings is 1. The quantitative estimate of drug-likeness (QED) is 0.744. The van der Waals surface area contributed by atoms with E-state index in [-0.39, 0.29) is 6.04 Å². The number of rotatable bonds is 4. The van der Waals surface area contributed by atoms with Gasteiger partial charge in [-0.1, -0.05) is 13.8 Å². The van der Waals surface area contributed by atoms with Crippen molar-refractivity contribution < 1.29 is 8.42 Å². The van der Waals surface area contributed by atoms with E-state index in [1.165, 1.54) is 4.31 Å². The first-order chi connectivity index (χ1) is 7.35. The lowest BCUT2D eigenvalue weighted by atomic mass is 9.94. The predicted molar refractivity (Wildman–Crippen MR) is 65.1 cm³/mol. The van der Waals surface area contributed by atoms with Crippen LogP contribution in [0.25, 0.3) is 0 Å². The molecule has 0 aromatic heterocycles. The molecule has 6 heteroatoms. The molecule has 5 nitrogen and oxygen atoms in total. The summed E-state index contributed by atoms with van der Waals surface area (Å²) >= 11 is 0. The molecule has 1 saturated heterocycles. The van der Waals surface area contributed by atoms with E-state index in [9.17, 15) is 8.42 Å². The second-order valence-electron chi connectivity index (χ2n) is 5.02. The Labute approximate surface area is 98.6 Å². The second-order valence-corrected chi connectivity index (χ2v) is 6.72. The fourth-order valence-corrected chi connectivity index (χ4v) is 3.83. The van der Waals surface area contributed by atoms with E-state index in [1.807, 2.05) is 0 Å². The van der Waals surface area contributed by atoms with Crippen LogP contribution in [0.15, 0.2) is 0 Å². The summed E-state index contributed by atoms with van der Waals surface area (Å²) in [5, 5.41) is 0. The summed E-state index contributed by atoms with van der Waals surface area (Å²) in [4.78, 5) is 0. The van der Waals surface area contributed by atoms with Gasteiger partial charge in [0.25, 0.3) is 10.2 Å². The molecule has 0 amide bonds. The first-order valence-corrected chi connectivity index (χ1v) is 7.26. The van der Waals surface area contributed by atoms with Gasteiger partial charge in [-0.15, -0.1) is 0 Å². The van der Waals surface area contributed by atoms with Crippen LogP contribution < -0.4 is 10.5 Å². The lowest BCUT2D eigenvalue weighted by Gasteiger charge is -2.34. The van der Waals surface area contributed by atoms with Gasteiger partial charge >= 0.3 is 0 Å². The van der Waals surface area contributed by atoms with Crippen LogP contribution in [0, 0.1) is 11.8 Å². The zero-order valence-electron chi connectivity index (χ0n) is 10.3. The Kier molecular flexibility index (Phi) is 4.73. The van der Waals surface area contributed by atoms with Gasteiger partial charge in [0, 0.05) is 25.7 Å². The fraction of sp³-hybridized carbons (Fsp3) is 1.00. The topological polar surface area (TPSA) is 75.4 Å². The molecule has 0 saturated carbocycles. The van der Waals surface area contributed by atoms with Crippen molar-refractivity contribution in [3.63, 3.8) is 0 Å². The highest BCUT2D eigenvalue weighted by atomic mass is 32.2. The molecule has 0 aromatic rings. The molecule has 1 rings (SSSR count). The summed E-state index contributed by atoms with van der Waals surface area (Å²) in [5.74, 6) is 0.849. The SMILES string of the molecule is CC1CC(C)CN(S(=O)(=O)N[C@H](C)CN)C1. The van der Waals surface area contributed by atoms with E-state index < -0.39 is 10.2 Å². The van der Waals surface area contributed by atoms with Crippen LogP contribution >= 0.6 is 0 Å². The summed E-state index contributed by atoms with van der Waals surface area (Å²) in [7, 11) is -3.36. The smallest absolute Gasteiger partial charge is 0.279 e. The predicted octanol–water partition coefficient (Wildman–Crippen LogP) is 0.146. The number of hydrogen-bond acceptors (Lipinski definition) is 3. The van der Waals surface area contributed by atoms with Crippen molar-refractivity contribution in [1.82, 2.24) is 9.03 Å². The van der Waals surface area contributed by atoms with E-state index >= 15 is 0 Å². The molecule has 0 aliphatic carbocycles. The van der Waals surface area contributed by atoms with Crippen molar-refractivity contribution in [2.24, 2.45) is 17.6 Å². The molecule has 3 N–H and O–H groups in total. The van der Waals surface area contributed by atoms with Gasteiger partial charge in [0.05, 0.1) is 0 Å². The van der Waals surface area contributed by atoms with E-state index in [4.69, 9.17) is 5.73 Å². The maximum atomic E-state index is 12.0. The van der Waals surface area contributed by atoms with Crippen LogP contribution in [0.5, 0.6) is 0 Å². The molecular weight excluding hydrogens is 226 g/mol. The average Bonchev–Trinajstić information content (AvgIpc) is 2.15. The van der Waals surface area contributed by atoms with Crippen LogP contribution in [0.2, 0.25) is 0 Å². The molecule has 0 aromatic carbocycles. The van der Waals surface area contributed by atoms with Crippen molar-refractivity contribution in [2.75, 3.05) is 19.6 Å². The van der Waals surface area contributed by atoms with E-state index in [2.05, 4.69) is 18.6 Å². The first kappa shape index (κ1) is 13.9. The summed E-state index contributed by atoms with van der Waals surface area (Å²) in [5.41, 5.74) is 5.42. The summed E-state index contributed by atoms with van der Waals surface area (Å²) in [6.07, 6.45) is 1.10. The Bertz CT molecular complexity index is 308. The maximum Gasteiger partial charge on any atom is 0.279 e. The van der Waals surface area contributed by atoms with Crippen molar-refractivity contribution in [3.05, 3.63) is 0 Å². The zero-order valence-corrected chi connectivity index (χ0v) is 11.1. The minimum Gasteiger partial charge on any atom is -0.329 e. The molecule has 1 fully saturated rings. The van der Waals surface area contributed by atoms with Gasteiger partial charge in [0.2, 0.25) is 0 Å². The third kappa shape index (κ3) is 3.69. The molecule has 1 aliphatic heterocycles. The molecule has 0 spiro atoms. The molecule has 16 heavy (non-hydrogen) atoms. The second kappa shape index (κ2) is 5.44. The average molecular weight is 249 g/mol. The van der Waals surface area contributed by atoms with Gasteiger partial charge in [-0.25, -0.2) is 0 Å². The van der Waals surface area contributed by atoms with Crippen LogP contribution in [-0.2, 0) is 10.2 Å². The Morgan fingerprint density at radius 1 is 1.38 bits per heavy atom. The Balaban J connectivity index is 2.67. The number of nitrogens with zero attached hydrogens (tertiary/aromatic N) is 1. The largest absolute Gasteiger partial charge is 0.329 e. The highest BCUT2D eigenvalue weighted by molar-refractivity contribution is 7.87. The normalized spacial score (nSPS) is 30.2. The van der Waals surface area contributed by atoms with Gasteiger partial charge in [0.15, 0.2) is 0 Å². The van der Waals surface area contributed by atoms with Gasteiger partial charge in [0.1, 0.15) is 0 Å². The van der Waals surface area contributed by atoms with Crippen LogP contribution in [0.4, 0.5) is 0 Å². The number of nitrogens with two attached hydrogens (primary N) is 1. The minimum atomic E-state index is -3.36. The molecule has 3 atom stereocenters. The van der Waals surface area contributed by atoms with E-state index in [0.29, 0.717) is 31.5 Å². The van der Waals surface area contributed by atoms with Gasteiger partial charge in [-0.2, -0.15) is 17.4 Å². The Morgan fingerprint density at radius 3 is 2.31 bits per heavy atom. The summed E-state index contributed by atoms with van der Waals surface area (Å²) in [6.45, 7) is 7.48. The molecular formula is C10H23N3O2S. The highest BCUT2D eigenvalue weighted by Crippen LogP contribution is 2.22.